The van der Waals surface area contributed by atoms with Crippen molar-refractivity contribution >= 4 is 34.3 Å². The molecule has 0 spiro atoms. The highest BCUT2D eigenvalue weighted by atomic mass is 35.5. The molecule has 0 atom stereocenters. The quantitative estimate of drug-likeness (QED) is 0.386. The van der Waals surface area contributed by atoms with Gasteiger partial charge in [0.15, 0.2) is 0 Å². The summed E-state index contributed by atoms with van der Waals surface area (Å²) in [6, 6.07) is 14.2. The van der Waals surface area contributed by atoms with Crippen LogP contribution in [0.1, 0.15) is 15.9 Å². The fraction of sp³-hybridized carbons (Fsp3) is 0.0952. The van der Waals surface area contributed by atoms with Gasteiger partial charge in [0.2, 0.25) is 0 Å². The number of nitrogens with zero attached hydrogens (tertiary/aromatic N) is 1. The van der Waals surface area contributed by atoms with Gasteiger partial charge in [-0.05, 0) is 42.3 Å². The number of hydrogen-bond donors (Lipinski definition) is 4. The number of aromatic nitrogens is 3. The molecule has 2 aromatic heterocycles. The number of pyridine rings is 1. The molecule has 0 aliphatic carbocycles. The van der Waals surface area contributed by atoms with Gasteiger partial charge >= 0.3 is 5.97 Å². The monoisotopic (exact) mass is 408 g/mol. The van der Waals surface area contributed by atoms with E-state index < -0.39 is 5.97 Å². The van der Waals surface area contributed by atoms with Crippen LogP contribution in [0.2, 0.25) is 5.02 Å². The van der Waals surface area contributed by atoms with Gasteiger partial charge < -0.3 is 20.4 Å². The Balaban J connectivity index is 1.66. The Morgan fingerprint density at radius 2 is 2.00 bits per heavy atom. The van der Waals surface area contributed by atoms with E-state index >= 15 is 0 Å². The van der Waals surface area contributed by atoms with E-state index in [0.29, 0.717) is 39.7 Å². The first-order valence-electron chi connectivity index (χ1n) is 8.95. The summed E-state index contributed by atoms with van der Waals surface area (Å²) in [5, 5.41) is 13.3. The molecule has 0 radical (unpaired) electrons. The minimum absolute atomic E-state index is 0.101. The predicted octanol–water partition coefficient (Wildman–Crippen LogP) is 3.92. The lowest BCUT2D eigenvalue weighted by Gasteiger charge is -2.10. The third-order valence-electron chi connectivity index (χ3n) is 4.56. The molecular formula is C21H17ClN4O3. The molecular weight excluding hydrogens is 392 g/mol. The molecule has 0 amide bonds. The molecule has 0 aliphatic heterocycles. The average Bonchev–Trinajstić information content (AvgIpc) is 3.11. The lowest BCUT2D eigenvalue weighted by Crippen LogP contribution is -2.14. The van der Waals surface area contributed by atoms with E-state index in [-0.39, 0.29) is 11.1 Å². The van der Waals surface area contributed by atoms with Crippen molar-refractivity contribution in [2.75, 3.05) is 11.9 Å². The number of carbonyl (C=O) groups is 1. The van der Waals surface area contributed by atoms with Crippen LogP contribution in [-0.4, -0.2) is 32.6 Å². The molecule has 4 rings (SSSR count). The summed E-state index contributed by atoms with van der Waals surface area (Å²) in [5.74, 6) is -0.756. The third kappa shape index (κ3) is 3.86. The number of imidazole rings is 1. The van der Waals surface area contributed by atoms with Gasteiger partial charge in [0.1, 0.15) is 11.4 Å². The number of hydrogen-bond acceptors (Lipinski definition) is 4. The molecule has 7 nitrogen and oxygen atoms in total. The van der Waals surface area contributed by atoms with Crippen LogP contribution in [0.3, 0.4) is 0 Å². The number of benzene rings is 2. The molecule has 146 valence electrons. The van der Waals surface area contributed by atoms with Crippen molar-refractivity contribution in [3.05, 3.63) is 81.2 Å². The summed E-state index contributed by atoms with van der Waals surface area (Å²) in [6.45, 7) is 0.581. The van der Waals surface area contributed by atoms with Crippen molar-refractivity contribution in [2.45, 2.75) is 6.42 Å². The first-order valence-corrected chi connectivity index (χ1v) is 9.33. The number of fused-ring (bicyclic) bond motifs is 1. The summed E-state index contributed by atoms with van der Waals surface area (Å²) >= 11 is 6.02. The van der Waals surface area contributed by atoms with Crippen molar-refractivity contribution < 1.29 is 9.90 Å². The molecule has 0 saturated heterocycles. The van der Waals surface area contributed by atoms with Crippen molar-refractivity contribution in [3.8, 4) is 11.4 Å². The van der Waals surface area contributed by atoms with Gasteiger partial charge in [-0.1, -0.05) is 29.8 Å². The number of halogens is 1. The largest absolute Gasteiger partial charge is 0.478 e. The number of carboxylic acid groups (broad SMARTS) is 1. The lowest BCUT2D eigenvalue weighted by molar-refractivity contribution is 0.0699. The van der Waals surface area contributed by atoms with E-state index in [1.807, 2.05) is 24.3 Å². The summed E-state index contributed by atoms with van der Waals surface area (Å²) in [6.07, 6.45) is 2.27. The maximum absolute atomic E-state index is 12.5. The molecule has 29 heavy (non-hydrogen) atoms. The second-order valence-electron chi connectivity index (χ2n) is 6.49. The molecule has 0 saturated carbocycles. The number of rotatable bonds is 6. The predicted molar refractivity (Wildman–Crippen MR) is 113 cm³/mol. The molecule has 0 unspecified atom stereocenters. The molecule has 8 heteroatoms. The molecule has 2 aromatic carbocycles. The van der Waals surface area contributed by atoms with Crippen LogP contribution in [0.25, 0.3) is 22.4 Å². The molecule has 2 heterocycles. The SMILES string of the molecule is O=C(O)c1cccc2nc(-c3c(NCCc4cccc(Cl)c4)cc[nH]c3=O)[nH]c12. The molecule has 0 fully saturated rings. The maximum Gasteiger partial charge on any atom is 0.337 e. The number of H-pyrrole nitrogens is 2. The van der Waals surface area contributed by atoms with E-state index in [4.69, 9.17) is 11.6 Å². The van der Waals surface area contributed by atoms with E-state index in [2.05, 4.69) is 20.3 Å². The number of aromatic amines is 2. The Kier molecular flexibility index (Phi) is 5.05. The molecule has 4 N–H and O–H groups in total. The Bertz CT molecular complexity index is 1260. The van der Waals surface area contributed by atoms with Gasteiger partial charge in [0, 0.05) is 17.8 Å². The van der Waals surface area contributed by atoms with E-state index in [9.17, 15) is 14.7 Å². The minimum Gasteiger partial charge on any atom is -0.478 e. The number of carboxylic acids is 1. The summed E-state index contributed by atoms with van der Waals surface area (Å²) in [4.78, 5) is 34.0. The maximum atomic E-state index is 12.5. The van der Waals surface area contributed by atoms with Crippen molar-refractivity contribution in [2.24, 2.45) is 0 Å². The topological polar surface area (TPSA) is 111 Å². The summed E-state index contributed by atoms with van der Waals surface area (Å²) < 4.78 is 0. The highest BCUT2D eigenvalue weighted by Crippen LogP contribution is 2.26. The molecule has 0 bridgehead atoms. The van der Waals surface area contributed by atoms with Crippen molar-refractivity contribution in [1.82, 2.24) is 15.0 Å². The smallest absolute Gasteiger partial charge is 0.337 e. The van der Waals surface area contributed by atoms with Crippen molar-refractivity contribution in [1.29, 1.82) is 0 Å². The van der Waals surface area contributed by atoms with Crippen LogP contribution in [0.15, 0.2) is 59.5 Å². The van der Waals surface area contributed by atoms with Gasteiger partial charge in [-0.3, -0.25) is 4.79 Å². The number of anilines is 1. The number of aromatic carboxylic acids is 1. The summed E-state index contributed by atoms with van der Waals surface area (Å²) in [7, 11) is 0. The van der Waals surface area contributed by atoms with Gasteiger partial charge in [-0.15, -0.1) is 0 Å². The fourth-order valence-corrected chi connectivity index (χ4v) is 3.44. The van der Waals surface area contributed by atoms with Crippen LogP contribution in [0.5, 0.6) is 0 Å². The zero-order valence-corrected chi connectivity index (χ0v) is 16.0. The third-order valence-corrected chi connectivity index (χ3v) is 4.80. The lowest BCUT2D eigenvalue weighted by atomic mass is 10.1. The van der Waals surface area contributed by atoms with Gasteiger partial charge in [-0.2, -0.15) is 0 Å². The number of para-hydroxylation sites is 1. The Morgan fingerprint density at radius 3 is 2.79 bits per heavy atom. The van der Waals surface area contributed by atoms with Crippen LogP contribution >= 0.6 is 11.6 Å². The second kappa shape index (κ2) is 7.81. The minimum atomic E-state index is -1.06. The normalized spacial score (nSPS) is 10.9. The Hall–Kier alpha value is -3.58. The zero-order chi connectivity index (χ0) is 20.4. The summed E-state index contributed by atoms with van der Waals surface area (Å²) in [5.41, 5.74) is 2.64. The zero-order valence-electron chi connectivity index (χ0n) is 15.2. The Labute approximate surface area is 170 Å². The first-order chi connectivity index (χ1) is 14.0. The van der Waals surface area contributed by atoms with Crippen LogP contribution in [0, 0.1) is 0 Å². The Morgan fingerprint density at radius 1 is 1.17 bits per heavy atom. The highest BCUT2D eigenvalue weighted by molar-refractivity contribution is 6.30. The van der Waals surface area contributed by atoms with Crippen molar-refractivity contribution in [3.63, 3.8) is 0 Å². The van der Waals surface area contributed by atoms with E-state index in [0.717, 1.165) is 12.0 Å². The van der Waals surface area contributed by atoms with Crippen LogP contribution in [0.4, 0.5) is 5.69 Å². The molecule has 0 aliphatic rings. The van der Waals surface area contributed by atoms with Crippen LogP contribution in [-0.2, 0) is 6.42 Å². The number of nitrogens with one attached hydrogen (secondary N) is 3. The second-order valence-corrected chi connectivity index (χ2v) is 6.93. The van der Waals surface area contributed by atoms with Gasteiger partial charge in [0.25, 0.3) is 5.56 Å². The van der Waals surface area contributed by atoms with E-state index in [1.54, 1.807) is 24.4 Å². The fourth-order valence-electron chi connectivity index (χ4n) is 3.22. The standard InChI is InChI=1S/C21H17ClN4O3/c22-13-4-1-3-12(11-13)7-9-23-15-8-10-24-20(27)17(15)19-25-16-6-2-5-14(21(28)29)18(16)26-19/h1-6,8,10-11H,7,9H2,(H,25,26)(H,28,29)(H2,23,24,27). The van der Waals surface area contributed by atoms with Gasteiger partial charge in [0.05, 0.1) is 22.3 Å². The highest BCUT2D eigenvalue weighted by Gasteiger charge is 2.17. The van der Waals surface area contributed by atoms with Gasteiger partial charge in [-0.25, -0.2) is 9.78 Å². The van der Waals surface area contributed by atoms with Crippen LogP contribution < -0.4 is 10.9 Å². The molecule has 4 aromatic rings. The first kappa shape index (κ1) is 18.8. The van der Waals surface area contributed by atoms with E-state index in [1.165, 1.54) is 6.07 Å². The average molecular weight is 409 g/mol.